The Morgan fingerprint density at radius 3 is 2.79 bits per heavy atom. The molecule has 1 aromatic carbocycles. The van der Waals surface area contributed by atoms with E-state index in [1.807, 2.05) is 0 Å². The summed E-state index contributed by atoms with van der Waals surface area (Å²) in [7, 11) is 0. The molecule has 2 aromatic rings. The molecule has 4 nitrogen and oxygen atoms in total. The van der Waals surface area contributed by atoms with Gasteiger partial charge in [-0.3, -0.25) is 4.79 Å². The Hall–Kier alpha value is -2.06. The van der Waals surface area contributed by atoms with Crippen molar-refractivity contribution in [3.05, 3.63) is 59.5 Å². The Bertz CT molecular complexity index is 796. The van der Waals surface area contributed by atoms with E-state index in [2.05, 4.69) is 10.3 Å². The van der Waals surface area contributed by atoms with Crippen molar-refractivity contribution in [1.29, 1.82) is 0 Å². The van der Waals surface area contributed by atoms with Gasteiger partial charge in [-0.05, 0) is 30.7 Å². The van der Waals surface area contributed by atoms with Crippen molar-refractivity contribution < 1.29 is 22.7 Å². The van der Waals surface area contributed by atoms with E-state index in [-0.39, 0.29) is 17.2 Å². The number of alkyl halides is 2. The molecular weight excluding hydrogens is 389 g/mol. The third-order valence-corrected chi connectivity index (χ3v) is 5.52. The minimum Gasteiger partial charge on any atom is -0.381 e. The largest absolute Gasteiger partial charge is 0.381 e. The first-order valence-corrected chi connectivity index (χ1v) is 10.0. The van der Waals surface area contributed by atoms with Gasteiger partial charge >= 0.3 is 0 Å². The Morgan fingerprint density at radius 1 is 1.29 bits per heavy atom. The first kappa shape index (κ1) is 20.7. The lowest BCUT2D eigenvalue weighted by Gasteiger charge is -2.17. The second kappa shape index (κ2) is 9.43. The quantitative estimate of drug-likeness (QED) is 0.661. The molecule has 0 spiro atoms. The molecule has 1 aliphatic rings. The van der Waals surface area contributed by atoms with E-state index < -0.39 is 18.2 Å². The van der Waals surface area contributed by atoms with Gasteiger partial charge in [0.2, 0.25) is 0 Å². The molecule has 3 rings (SSSR count). The number of thioether (sulfide) groups is 1. The van der Waals surface area contributed by atoms with Crippen molar-refractivity contribution >= 4 is 17.7 Å². The van der Waals surface area contributed by atoms with Crippen LogP contribution in [0.1, 0.15) is 28.8 Å². The highest BCUT2D eigenvalue weighted by molar-refractivity contribution is 7.99. The number of pyridine rings is 1. The Morgan fingerprint density at radius 2 is 2.07 bits per heavy atom. The normalized spacial score (nSPS) is 16.9. The molecule has 1 aromatic heterocycles. The van der Waals surface area contributed by atoms with Crippen molar-refractivity contribution in [3.8, 4) is 0 Å². The average molecular weight is 410 g/mol. The molecule has 0 aliphatic carbocycles. The summed E-state index contributed by atoms with van der Waals surface area (Å²) in [6.45, 7) is 1.85. The predicted octanol–water partition coefficient (Wildman–Crippen LogP) is 4.26. The zero-order valence-electron chi connectivity index (χ0n) is 15.2. The molecule has 1 saturated heterocycles. The fraction of sp³-hybridized carbons (Fsp3) is 0.400. The number of benzene rings is 1. The van der Waals surface area contributed by atoms with E-state index in [0.29, 0.717) is 36.3 Å². The van der Waals surface area contributed by atoms with E-state index in [0.717, 1.165) is 42.4 Å². The third kappa shape index (κ3) is 5.48. The molecule has 0 bridgehead atoms. The first-order valence-electron chi connectivity index (χ1n) is 9.03. The highest BCUT2D eigenvalue weighted by atomic mass is 32.2. The SMILES string of the molecule is O=C(NCC1CCOC1)c1cccnc1SCCC(F)(F)c1ccc(F)cc1. The molecule has 28 heavy (non-hydrogen) atoms. The van der Waals surface area contributed by atoms with Crippen molar-refractivity contribution in [1.82, 2.24) is 10.3 Å². The zero-order chi connectivity index (χ0) is 20.0. The maximum Gasteiger partial charge on any atom is 0.274 e. The molecule has 150 valence electrons. The van der Waals surface area contributed by atoms with Crippen LogP contribution < -0.4 is 5.32 Å². The predicted molar refractivity (Wildman–Crippen MR) is 101 cm³/mol. The van der Waals surface area contributed by atoms with Crippen LogP contribution in [0.5, 0.6) is 0 Å². The van der Waals surface area contributed by atoms with E-state index in [1.165, 1.54) is 6.20 Å². The Balaban J connectivity index is 1.56. The fourth-order valence-electron chi connectivity index (χ4n) is 2.87. The lowest BCUT2D eigenvalue weighted by Crippen LogP contribution is -2.30. The lowest BCUT2D eigenvalue weighted by atomic mass is 10.1. The number of amides is 1. The average Bonchev–Trinajstić information content (AvgIpc) is 3.20. The minimum atomic E-state index is -3.08. The monoisotopic (exact) mass is 410 g/mol. The van der Waals surface area contributed by atoms with Crippen LogP contribution in [0.4, 0.5) is 13.2 Å². The summed E-state index contributed by atoms with van der Waals surface area (Å²) in [5, 5.41) is 3.28. The number of nitrogens with zero attached hydrogens (tertiary/aromatic N) is 1. The topological polar surface area (TPSA) is 51.2 Å². The van der Waals surface area contributed by atoms with Gasteiger partial charge in [0, 0.05) is 43.0 Å². The number of aromatic nitrogens is 1. The van der Waals surface area contributed by atoms with E-state index >= 15 is 0 Å². The molecule has 1 fully saturated rings. The van der Waals surface area contributed by atoms with Gasteiger partial charge < -0.3 is 10.1 Å². The van der Waals surface area contributed by atoms with Crippen molar-refractivity contribution in [2.24, 2.45) is 5.92 Å². The van der Waals surface area contributed by atoms with Gasteiger partial charge in [0.05, 0.1) is 12.2 Å². The van der Waals surface area contributed by atoms with Gasteiger partial charge in [0.25, 0.3) is 11.8 Å². The van der Waals surface area contributed by atoms with Gasteiger partial charge in [-0.2, -0.15) is 0 Å². The summed E-state index contributed by atoms with van der Waals surface area (Å²) in [5.74, 6) is -3.54. The number of carbonyl (C=O) groups is 1. The summed E-state index contributed by atoms with van der Waals surface area (Å²) in [6.07, 6.45) is 2.00. The van der Waals surface area contributed by atoms with Crippen molar-refractivity contribution in [3.63, 3.8) is 0 Å². The smallest absolute Gasteiger partial charge is 0.274 e. The summed E-state index contributed by atoms with van der Waals surface area (Å²) < 4.78 is 46.8. The second-order valence-electron chi connectivity index (χ2n) is 6.61. The number of rotatable bonds is 8. The van der Waals surface area contributed by atoms with Gasteiger partial charge in [0.15, 0.2) is 0 Å². The Kier molecular flexibility index (Phi) is 6.96. The molecule has 8 heteroatoms. The fourth-order valence-corrected chi connectivity index (χ4v) is 3.87. The lowest BCUT2D eigenvalue weighted by molar-refractivity contribution is -0.00707. The maximum absolute atomic E-state index is 14.3. The van der Waals surface area contributed by atoms with Crippen LogP contribution in [0.25, 0.3) is 0 Å². The van der Waals surface area contributed by atoms with Crippen LogP contribution in [0.15, 0.2) is 47.6 Å². The van der Waals surface area contributed by atoms with Crippen LogP contribution in [0, 0.1) is 11.7 Å². The number of hydrogen-bond donors (Lipinski definition) is 1. The van der Waals surface area contributed by atoms with Crippen LogP contribution in [-0.2, 0) is 10.7 Å². The molecule has 0 radical (unpaired) electrons. The van der Waals surface area contributed by atoms with Gasteiger partial charge in [-0.1, -0.05) is 12.1 Å². The number of carbonyl (C=O) groups excluding carboxylic acids is 1. The van der Waals surface area contributed by atoms with Crippen LogP contribution >= 0.6 is 11.8 Å². The van der Waals surface area contributed by atoms with Crippen LogP contribution in [-0.4, -0.2) is 36.4 Å². The summed E-state index contributed by atoms with van der Waals surface area (Å²) >= 11 is 1.11. The molecule has 2 heterocycles. The molecule has 1 N–H and O–H groups in total. The number of nitrogens with one attached hydrogen (secondary N) is 1. The molecular formula is C20H21F3N2O2S. The first-order chi connectivity index (χ1) is 13.5. The highest BCUT2D eigenvalue weighted by Crippen LogP contribution is 2.34. The Labute approximate surface area is 165 Å². The molecule has 1 atom stereocenters. The van der Waals surface area contributed by atoms with Crippen LogP contribution in [0.3, 0.4) is 0 Å². The zero-order valence-corrected chi connectivity index (χ0v) is 16.0. The number of halogens is 3. The van der Waals surface area contributed by atoms with Crippen molar-refractivity contribution in [2.75, 3.05) is 25.5 Å². The van der Waals surface area contributed by atoms with Crippen LogP contribution in [0.2, 0.25) is 0 Å². The second-order valence-corrected chi connectivity index (χ2v) is 7.69. The molecule has 1 unspecified atom stereocenters. The number of hydrogen-bond acceptors (Lipinski definition) is 4. The number of ether oxygens (including phenoxy) is 1. The van der Waals surface area contributed by atoms with Gasteiger partial charge in [0.1, 0.15) is 10.8 Å². The summed E-state index contributed by atoms with van der Waals surface area (Å²) in [4.78, 5) is 16.6. The highest BCUT2D eigenvalue weighted by Gasteiger charge is 2.31. The molecule has 1 amide bonds. The van der Waals surface area contributed by atoms with E-state index in [1.54, 1.807) is 12.1 Å². The van der Waals surface area contributed by atoms with Gasteiger partial charge in [-0.15, -0.1) is 11.8 Å². The molecule has 0 saturated carbocycles. The third-order valence-electron chi connectivity index (χ3n) is 4.51. The molecule has 1 aliphatic heterocycles. The standard InChI is InChI=1S/C20H21F3N2O2S/c21-16-5-3-15(4-6-16)20(22,23)8-11-28-19-17(2-1-9-24-19)18(26)25-12-14-7-10-27-13-14/h1-6,9,14H,7-8,10-13H2,(H,25,26). The van der Waals surface area contributed by atoms with E-state index in [4.69, 9.17) is 4.74 Å². The minimum absolute atomic E-state index is 0.0676. The van der Waals surface area contributed by atoms with Gasteiger partial charge in [-0.25, -0.2) is 18.2 Å². The van der Waals surface area contributed by atoms with Crippen molar-refractivity contribution in [2.45, 2.75) is 23.8 Å². The summed E-state index contributed by atoms with van der Waals surface area (Å²) in [5.41, 5.74) is 0.142. The maximum atomic E-state index is 14.3. The summed E-state index contributed by atoms with van der Waals surface area (Å²) in [6, 6.07) is 7.50. The van der Waals surface area contributed by atoms with E-state index in [9.17, 15) is 18.0 Å².